The van der Waals surface area contributed by atoms with E-state index in [-0.39, 0.29) is 11.5 Å². The molecule has 2 aromatic carbocycles. The lowest BCUT2D eigenvalue weighted by atomic mass is 10.1. The fraction of sp³-hybridized carbons (Fsp3) is 0.118. The molecule has 0 aliphatic carbocycles. The van der Waals surface area contributed by atoms with Gasteiger partial charge < -0.3 is 9.84 Å². The number of phenolic OH excluding ortho intramolecular Hbond substituents is 1. The zero-order valence-electron chi connectivity index (χ0n) is 11.5. The third-order valence-corrected chi connectivity index (χ3v) is 3.01. The Balaban J connectivity index is 2.17. The molecule has 0 bridgehead atoms. The van der Waals surface area contributed by atoms with E-state index in [0.29, 0.717) is 11.3 Å². The number of hydrogen-bond acceptors (Lipinski definition) is 3. The lowest BCUT2D eigenvalue weighted by Gasteiger charge is -2.05. The average Bonchev–Trinajstić information content (AvgIpc) is 2.47. The van der Waals surface area contributed by atoms with Gasteiger partial charge in [0.05, 0.1) is 7.11 Å². The Labute approximate surface area is 118 Å². The maximum absolute atomic E-state index is 12.1. The van der Waals surface area contributed by atoms with Crippen LogP contribution in [-0.4, -0.2) is 18.0 Å². The Morgan fingerprint density at radius 1 is 1.15 bits per heavy atom. The smallest absolute Gasteiger partial charge is 0.185 e. The molecule has 102 valence electrons. The Morgan fingerprint density at radius 3 is 2.50 bits per heavy atom. The van der Waals surface area contributed by atoms with Crippen LogP contribution in [0.25, 0.3) is 6.08 Å². The molecule has 0 saturated heterocycles. The Kier molecular flexibility index (Phi) is 4.20. The van der Waals surface area contributed by atoms with Crippen LogP contribution in [-0.2, 0) is 0 Å². The van der Waals surface area contributed by atoms with Crippen molar-refractivity contribution in [1.82, 2.24) is 0 Å². The number of carbonyl (C=O) groups is 1. The molecule has 0 heterocycles. The van der Waals surface area contributed by atoms with Gasteiger partial charge in [-0.25, -0.2) is 0 Å². The number of allylic oxidation sites excluding steroid dienone is 1. The number of ketones is 1. The van der Waals surface area contributed by atoms with Gasteiger partial charge in [-0.05, 0) is 42.3 Å². The molecule has 0 aliphatic rings. The summed E-state index contributed by atoms with van der Waals surface area (Å²) in [5.74, 6) is 0.821. The molecule has 0 unspecified atom stereocenters. The lowest BCUT2D eigenvalue weighted by molar-refractivity contribution is 0.104. The molecule has 2 aromatic rings. The van der Waals surface area contributed by atoms with E-state index in [0.717, 1.165) is 11.1 Å². The second-order valence-corrected chi connectivity index (χ2v) is 4.47. The standard InChI is InChI=1S/C17H16O3/c1-12-3-7-14(11-17(12)20-2)16(19)10-6-13-4-8-15(18)9-5-13/h3-11,18H,1-2H3/b10-6+. The van der Waals surface area contributed by atoms with Crippen molar-refractivity contribution in [2.24, 2.45) is 0 Å². The average molecular weight is 268 g/mol. The SMILES string of the molecule is COc1cc(C(=O)/C=C/c2ccc(O)cc2)ccc1C. The summed E-state index contributed by atoms with van der Waals surface area (Å²) >= 11 is 0. The third kappa shape index (κ3) is 3.26. The van der Waals surface area contributed by atoms with Gasteiger partial charge >= 0.3 is 0 Å². The minimum absolute atomic E-state index is 0.0867. The zero-order chi connectivity index (χ0) is 14.5. The number of aryl methyl sites for hydroxylation is 1. The van der Waals surface area contributed by atoms with Crippen molar-refractivity contribution < 1.29 is 14.6 Å². The highest BCUT2D eigenvalue weighted by Gasteiger charge is 2.05. The van der Waals surface area contributed by atoms with E-state index >= 15 is 0 Å². The quantitative estimate of drug-likeness (QED) is 0.680. The summed E-state index contributed by atoms with van der Waals surface area (Å²) in [6.07, 6.45) is 3.23. The molecule has 3 heteroatoms. The lowest BCUT2D eigenvalue weighted by Crippen LogP contribution is -1.96. The molecule has 0 amide bonds. The molecular weight excluding hydrogens is 252 g/mol. The molecule has 1 N–H and O–H groups in total. The van der Waals surface area contributed by atoms with Crippen LogP contribution in [0, 0.1) is 6.92 Å². The number of carbonyl (C=O) groups excluding carboxylic acids is 1. The number of aromatic hydroxyl groups is 1. The van der Waals surface area contributed by atoms with Gasteiger partial charge in [0, 0.05) is 5.56 Å². The van der Waals surface area contributed by atoms with Crippen molar-refractivity contribution in [3.05, 3.63) is 65.2 Å². The van der Waals surface area contributed by atoms with Crippen LogP contribution in [0.5, 0.6) is 11.5 Å². The van der Waals surface area contributed by atoms with Crippen LogP contribution in [0.15, 0.2) is 48.5 Å². The topological polar surface area (TPSA) is 46.5 Å². The van der Waals surface area contributed by atoms with Gasteiger partial charge in [-0.2, -0.15) is 0 Å². The molecular formula is C17H16O3. The van der Waals surface area contributed by atoms with E-state index in [9.17, 15) is 9.90 Å². The number of rotatable bonds is 4. The summed E-state index contributed by atoms with van der Waals surface area (Å²) in [5, 5.41) is 9.19. The maximum Gasteiger partial charge on any atom is 0.185 e. The minimum Gasteiger partial charge on any atom is -0.508 e. The molecule has 0 spiro atoms. The Hall–Kier alpha value is -2.55. The van der Waals surface area contributed by atoms with Crippen LogP contribution in [0.4, 0.5) is 0 Å². The predicted molar refractivity (Wildman–Crippen MR) is 79.2 cm³/mol. The van der Waals surface area contributed by atoms with Crippen molar-refractivity contribution in [3.8, 4) is 11.5 Å². The normalized spacial score (nSPS) is 10.7. The zero-order valence-corrected chi connectivity index (χ0v) is 11.5. The number of methoxy groups -OCH3 is 1. The van der Waals surface area contributed by atoms with Gasteiger partial charge in [0.2, 0.25) is 0 Å². The monoisotopic (exact) mass is 268 g/mol. The molecule has 0 atom stereocenters. The highest BCUT2D eigenvalue weighted by atomic mass is 16.5. The van der Waals surface area contributed by atoms with Crippen molar-refractivity contribution >= 4 is 11.9 Å². The van der Waals surface area contributed by atoms with Gasteiger partial charge in [-0.3, -0.25) is 4.79 Å². The summed E-state index contributed by atoms with van der Waals surface area (Å²) < 4.78 is 5.21. The third-order valence-electron chi connectivity index (χ3n) is 3.01. The molecule has 0 fully saturated rings. The molecule has 20 heavy (non-hydrogen) atoms. The maximum atomic E-state index is 12.1. The first-order valence-corrected chi connectivity index (χ1v) is 6.26. The Bertz CT molecular complexity index is 640. The number of phenols is 1. The minimum atomic E-state index is -0.0867. The summed E-state index contributed by atoms with van der Waals surface area (Å²) in [7, 11) is 1.59. The van der Waals surface area contributed by atoms with Crippen molar-refractivity contribution in [2.75, 3.05) is 7.11 Å². The van der Waals surface area contributed by atoms with Gasteiger partial charge in [-0.15, -0.1) is 0 Å². The molecule has 2 rings (SSSR count). The fourth-order valence-corrected chi connectivity index (χ4v) is 1.83. The first-order chi connectivity index (χ1) is 9.60. The molecule has 0 radical (unpaired) electrons. The van der Waals surface area contributed by atoms with Gasteiger partial charge in [0.25, 0.3) is 0 Å². The van der Waals surface area contributed by atoms with E-state index in [1.807, 2.05) is 13.0 Å². The summed E-state index contributed by atoms with van der Waals surface area (Å²) in [6.45, 7) is 1.93. The first kappa shape index (κ1) is 13.9. The highest BCUT2D eigenvalue weighted by molar-refractivity contribution is 6.07. The molecule has 0 aliphatic heterocycles. The largest absolute Gasteiger partial charge is 0.508 e. The first-order valence-electron chi connectivity index (χ1n) is 6.26. The number of hydrogen-bond donors (Lipinski definition) is 1. The van der Waals surface area contributed by atoms with Crippen LogP contribution in [0.3, 0.4) is 0 Å². The molecule has 0 aromatic heterocycles. The second-order valence-electron chi connectivity index (χ2n) is 4.47. The van der Waals surface area contributed by atoms with Crippen LogP contribution < -0.4 is 4.74 Å². The predicted octanol–water partition coefficient (Wildman–Crippen LogP) is 3.61. The van der Waals surface area contributed by atoms with E-state index in [1.54, 1.807) is 49.6 Å². The van der Waals surface area contributed by atoms with Crippen molar-refractivity contribution in [2.45, 2.75) is 6.92 Å². The second kappa shape index (κ2) is 6.06. The van der Waals surface area contributed by atoms with Crippen molar-refractivity contribution in [3.63, 3.8) is 0 Å². The van der Waals surface area contributed by atoms with E-state index < -0.39 is 0 Å². The molecule has 0 saturated carbocycles. The number of benzene rings is 2. The van der Waals surface area contributed by atoms with Crippen LogP contribution >= 0.6 is 0 Å². The highest BCUT2D eigenvalue weighted by Crippen LogP contribution is 2.19. The van der Waals surface area contributed by atoms with Crippen LogP contribution in [0.1, 0.15) is 21.5 Å². The van der Waals surface area contributed by atoms with Gasteiger partial charge in [-0.1, -0.05) is 30.3 Å². The summed E-state index contributed by atoms with van der Waals surface area (Å²) in [5.41, 5.74) is 2.43. The van der Waals surface area contributed by atoms with E-state index in [2.05, 4.69) is 0 Å². The van der Waals surface area contributed by atoms with Crippen molar-refractivity contribution in [1.29, 1.82) is 0 Å². The van der Waals surface area contributed by atoms with Crippen LogP contribution in [0.2, 0.25) is 0 Å². The fourth-order valence-electron chi connectivity index (χ4n) is 1.83. The van der Waals surface area contributed by atoms with Gasteiger partial charge in [0.15, 0.2) is 5.78 Å². The van der Waals surface area contributed by atoms with E-state index in [4.69, 9.17) is 4.74 Å². The summed E-state index contributed by atoms with van der Waals surface area (Å²) in [4.78, 5) is 12.1. The van der Waals surface area contributed by atoms with E-state index in [1.165, 1.54) is 6.08 Å². The van der Waals surface area contributed by atoms with Gasteiger partial charge in [0.1, 0.15) is 11.5 Å². The summed E-state index contributed by atoms with van der Waals surface area (Å²) in [6, 6.07) is 12.0. The Morgan fingerprint density at radius 2 is 1.85 bits per heavy atom. The molecule has 3 nitrogen and oxygen atoms in total. The number of ether oxygens (including phenoxy) is 1.